The third kappa shape index (κ3) is 2.80. The van der Waals surface area contributed by atoms with Crippen molar-refractivity contribution in [3.8, 4) is 0 Å². The van der Waals surface area contributed by atoms with Gasteiger partial charge in [-0.05, 0) is 19.3 Å². The lowest BCUT2D eigenvalue weighted by molar-refractivity contribution is -0.141. The first-order valence-electron chi connectivity index (χ1n) is 5.51. The van der Waals surface area contributed by atoms with Crippen LogP contribution in [0.25, 0.3) is 0 Å². The Labute approximate surface area is 97.6 Å². The number of nitrogens with zero attached hydrogens (tertiary/aromatic N) is 2. The van der Waals surface area contributed by atoms with E-state index in [-0.39, 0.29) is 17.7 Å². The Hall–Kier alpha value is -1.92. The summed E-state index contributed by atoms with van der Waals surface area (Å²) in [4.78, 5) is 26.4. The van der Waals surface area contributed by atoms with Gasteiger partial charge in [-0.1, -0.05) is 0 Å². The first-order valence-corrected chi connectivity index (χ1v) is 5.51. The number of aromatic nitrogens is 3. The standard InChI is InChI=1S/C10H14N4O3/c15-9(11-4-8-12-5-13-14-8)6-1-2-7(3-6)10(16)17/h5-7H,1-4H2,(H,11,15)(H,16,17)(H,12,13,14)/t6-,7+/m1/s1. The minimum Gasteiger partial charge on any atom is -0.481 e. The SMILES string of the molecule is O=C(O)[C@H]1CC[C@@H](C(=O)NCc2ncn[nH]2)C1. The van der Waals surface area contributed by atoms with Crippen LogP contribution in [-0.4, -0.2) is 32.2 Å². The molecule has 2 atom stereocenters. The van der Waals surface area contributed by atoms with Gasteiger partial charge in [-0.25, -0.2) is 4.98 Å². The second-order valence-corrected chi connectivity index (χ2v) is 4.20. The van der Waals surface area contributed by atoms with Gasteiger partial charge in [0.25, 0.3) is 0 Å². The summed E-state index contributed by atoms with van der Waals surface area (Å²) in [6.45, 7) is 0.299. The summed E-state index contributed by atoms with van der Waals surface area (Å²) in [6.07, 6.45) is 3.02. The Kier molecular flexibility index (Phi) is 3.36. The van der Waals surface area contributed by atoms with Gasteiger partial charge in [-0.3, -0.25) is 14.7 Å². The first-order chi connectivity index (χ1) is 8.16. The summed E-state index contributed by atoms with van der Waals surface area (Å²) in [7, 11) is 0. The summed E-state index contributed by atoms with van der Waals surface area (Å²) in [6, 6.07) is 0. The fraction of sp³-hybridized carbons (Fsp3) is 0.600. The van der Waals surface area contributed by atoms with E-state index in [1.807, 2.05) is 0 Å². The molecule has 1 fully saturated rings. The summed E-state index contributed by atoms with van der Waals surface area (Å²) >= 11 is 0. The number of nitrogens with one attached hydrogen (secondary N) is 2. The maximum absolute atomic E-state index is 11.7. The van der Waals surface area contributed by atoms with Gasteiger partial charge in [0.15, 0.2) is 0 Å². The Bertz CT molecular complexity index is 404. The molecule has 3 N–H and O–H groups in total. The van der Waals surface area contributed by atoms with E-state index in [0.29, 0.717) is 31.6 Å². The van der Waals surface area contributed by atoms with Crippen LogP contribution in [0.5, 0.6) is 0 Å². The number of hydrogen-bond donors (Lipinski definition) is 3. The molecule has 0 aliphatic heterocycles. The summed E-state index contributed by atoms with van der Waals surface area (Å²) < 4.78 is 0. The maximum atomic E-state index is 11.7. The number of carboxylic acid groups (broad SMARTS) is 1. The molecule has 1 aliphatic rings. The number of aliphatic carboxylic acids is 1. The quantitative estimate of drug-likeness (QED) is 0.680. The Balaban J connectivity index is 1.79. The van der Waals surface area contributed by atoms with Crippen LogP contribution >= 0.6 is 0 Å². The highest BCUT2D eigenvalue weighted by atomic mass is 16.4. The predicted octanol–water partition coefficient (Wildman–Crippen LogP) is -0.0782. The van der Waals surface area contributed by atoms with Crippen LogP contribution in [0.4, 0.5) is 0 Å². The molecule has 0 saturated heterocycles. The fourth-order valence-electron chi connectivity index (χ4n) is 2.08. The van der Waals surface area contributed by atoms with Crippen molar-refractivity contribution in [1.29, 1.82) is 0 Å². The highest BCUT2D eigenvalue weighted by Gasteiger charge is 2.33. The van der Waals surface area contributed by atoms with Crippen LogP contribution in [0.2, 0.25) is 0 Å². The van der Waals surface area contributed by atoms with Crippen LogP contribution in [0, 0.1) is 11.8 Å². The molecule has 0 spiro atoms. The van der Waals surface area contributed by atoms with Gasteiger partial charge in [0, 0.05) is 5.92 Å². The molecule has 1 aromatic rings. The summed E-state index contributed by atoms with van der Waals surface area (Å²) in [5.74, 6) is -0.901. The van der Waals surface area contributed by atoms with Crippen LogP contribution < -0.4 is 5.32 Å². The van der Waals surface area contributed by atoms with Crippen LogP contribution in [0.15, 0.2) is 6.33 Å². The van der Waals surface area contributed by atoms with Crippen LogP contribution in [-0.2, 0) is 16.1 Å². The lowest BCUT2D eigenvalue weighted by atomic mass is 10.0. The molecular formula is C10H14N4O3. The Morgan fingerprint density at radius 2 is 2.24 bits per heavy atom. The van der Waals surface area contributed by atoms with Gasteiger partial charge in [0.05, 0.1) is 12.5 Å². The van der Waals surface area contributed by atoms with E-state index < -0.39 is 5.97 Å². The van der Waals surface area contributed by atoms with E-state index in [9.17, 15) is 9.59 Å². The normalized spacial score (nSPS) is 23.5. The van der Waals surface area contributed by atoms with Crippen molar-refractivity contribution < 1.29 is 14.7 Å². The molecule has 17 heavy (non-hydrogen) atoms. The molecule has 0 aromatic carbocycles. The average molecular weight is 238 g/mol. The number of carbonyl (C=O) groups excluding carboxylic acids is 1. The molecule has 7 nitrogen and oxygen atoms in total. The predicted molar refractivity (Wildman–Crippen MR) is 56.7 cm³/mol. The highest BCUT2D eigenvalue weighted by molar-refractivity contribution is 5.80. The van der Waals surface area contributed by atoms with Crippen molar-refractivity contribution in [2.24, 2.45) is 11.8 Å². The number of H-pyrrole nitrogens is 1. The van der Waals surface area contributed by atoms with Gasteiger partial charge in [0.2, 0.25) is 5.91 Å². The molecule has 1 aliphatic carbocycles. The second kappa shape index (κ2) is 4.94. The third-order valence-corrected chi connectivity index (χ3v) is 3.05. The van der Waals surface area contributed by atoms with Crippen LogP contribution in [0.1, 0.15) is 25.1 Å². The number of carbonyl (C=O) groups is 2. The number of rotatable bonds is 4. The Morgan fingerprint density at radius 1 is 1.47 bits per heavy atom. The number of amides is 1. The zero-order chi connectivity index (χ0) is 12.3. The third-order valence-electron chi connectivity index (χ3n) is 3.05. The lowest BCUT2D eigenvalue weighted by Crippen LogP contribution is -2.29. The van der Waals surface area contributed by atoms with Gasteiger partial charge in [-0.2, -0.15) is 5.10 Å². The molecule has 0 bridgehead atoms. The monoisotopic (exact) mass is 238 g/mol. The lowest BCUT2D eigenvalue weighted by Gasteiger charge is -2.09. The second-order valence-electron chi connectivity index (χ2n) is 4.20. The van der Waals surface area contributed by atoms with E-state index in [1.54, 1.807) is 0 Å². The highest BCUT2D eigenvalue weighted by Crippen LogP contribution is 2.31. The van der Waals surface area contributed by atoms with Crippen molar-refractivity contribution in [2.75, 3.05) is 0 Å². The van der Waals surface area contributed by atoms with Gasteiger partial charge < -0.3 is 10.4 Å². The molecule has 1 saturated carbocycles. The number of carboxylic acids is 1. The van der Waals surface area contributed by atoms with E-state index in [4.69, 9.17) is 5.11 Å². The molecule has 2 rings (SSSR count). The topological polar surface area (TPSA) is 108 Å². The van der Waals surface area contributed by atoms with E-state index in [0.717, 1.165) is 0 Å². The first kappa shape index (κ1) is 11.6. The fourth-order valence-corrected chi connectivity index (χ4v) is 2.08. The summed E-state index contributed by atoms with van der Waals surface area (Å²) in [5, 5.41) is 17.9. The van der Waals surface area contributed by atoms with Gasteiger partial charge in [0.1, 0.15) is 12.2 Å². The van der Waals surface area contributed by atoms with Crippen molar-refractivity contribution in [1.82, 2.24) is 20.5 Å². The Morgan fingerprint density at radius 3 is 2.82 bits per heavy atom. The summed E-state index contributed by atoms with van der Waals surface area (Å²) in [5.41, 5.74) is 0. The average Bonchev–Trinajstić information content (AvgIpc) is 2.96. The molecule has 7 heteroatoms. The molecule has 1 heterocycles. The van der Waals surface area contributed by atoms with Crippen molar-refractivity contribution in [2.45, 2.75) is 25.8 Å². The maximum Gasteiger partial charge on any atom is 0.306 e. The number of aromatic amines is 1. The zero-order valence-electron chi connectivity index (χ0n) is 9.22. The largest absolute Gasteiger partial charge is 0.481 e. The smallest absolute Gasteiger partial charge is 0.306 e. The van der Waals surface area contributed by atoms with Crippen molar-refractivity contribution in [3.63, 3.8) is 0 Å². The minimum absolute atomic E-state index is 0.106. The molecule has 0 unspecified atom stereocenters. The van der Waals surface area contributed by atoms with E-state index in [2.05, 4.69) is 20.5 Å². The van der Waals surface area contributed by atoms with Crippen LogP contribution in [0.3, 0.4) is 0 Å². The number of hydrogen-bond acceptors (Lipinski definition) is 4. The van der Waals surface area contributed by atoms with Crippen molar-refractivity contribution >= 4 is 11.9 Å². The molecule has 1 amide bonds. The zero-order valence-corrected chi connectivity index (χ0v) is 9.22. The van der Waals surface area contributed by atoms with Gasteiger partial charge in [-0.15, -0.1) is 0 Å². The molecular weight excluding hydrogens is 224 g/mol. The van der Waals surface area contributed by atoms with E-state index >= 15 is 0 Å². The molecule has 1 aromatic heterocycles. The minimum atomic E-state index is -0.810. The van der Waals surface area contributed by atoms with Crippen molar-refractivity contribution in [3.05, 3.63) is 12.2 Å². The molecule has 0 radical (unpaired) electrons. The van der Waals surface area contributed by atoms with E-state index in [1.165, 1.54) is 6.33 Å². The van der Waals surface area contributed by atoms with Gasteiger partial charge >= 0.3 is 5.97 Å². The molecule has 92 valence electrons.